The van der Waals surface area contributed by atoms with E-state index in [-0.39, 0.29) is 18.7 Å². The van der Waals surface area contributed by atoms with Crippen LogP contribution in [0.2, 0.25) is 0 Å². The monoisotopic (exact) mass is 468 g/mol. The molecule has 4 nitrogen and oxygen atoms in total. The summed E-state index contributed by atoms with van der Waals surface area (Å²) in [6.45, 7) is 4.28. The standard InChI is InChI=1S/C29H56O4/c1-3-5-7-9-11-13-15-17-19-21-23-25-28(30)32-27-33-29(31)26-24-22-20-18-16-14-12-10-8-6-4-2/h3-27H2,1-2H3. The van der Waals surface area contributed by atoms with Crippen LogP contribution < -0.4 is 0 Å². The molecule has 0 heterocycles. The molecule has 33 heavy (non-hydrogen) atoms. The second-order valence-electron chi connectivity index (χ2n) is 9.72. The average molecular weight is 469 g/mol. The van der Waals surface area contributed by atoms with E-state index in [2.05, 4.69) is 13.8 Å². The molecular weight excluding hydrogens is 412 g/mol. The maximum atomic E-state index is 11.7. The smallest absolute Gasteiger partial charge is 0.308 e. The molecule has 0 atom stereocenters. The van der Waals surface area contributed by atoms with Crippen molar-refractivity contribution in [3.8, 4) is 0 Å². The van der Waals surface area contributed by atoms with Gasteiger partial charge in [-0.15, -0.1) is 0 Å². The summed E-state index contributed by atoms with van der Waals surface area (Å²) >= 11 is 0. The zero-order valence-electron chi connectivity index (χ0n) is 22.3. The summed E-state index contributed by atoms with van der Waals surface area (Å²) in [7, 11) is 0. The van der Waals surface area contributed by atoms with Gasteiger partial charge < -0.3 is 9.47 Å². The van der Waals surface area contributed by atoms with Crippen molar-refractivity contribution in [1.82, 2.24) is 0 Å². The summed E-state index contributed by atoms with van der Waals surface area (Å²) < 4.78 is 10.1. The molecule has 4 heteroatoms. The molecule has 0 aromatic heterocycles. The fourth-order valence-corrected chi connectivity index (χ4v) is 4.17. The summed E-state index contributed by atoms with van der Waals surface area (Å²) in [5, 5.41) is 0. The van der Waals surface area contributed by atoms with Crippen molar-refractivity contribution >= 4 is 11.9 Å². The molecule has 196 valence electrons. The highest BCUT2D eigenvalue weighted by molar-refractivity contribution is 5.70. The molecule has 0 aliphatic heterocycles. The third kappa shape index (κ3) is 27.1. The molecule has 0 amide bonds. The van der Waals surface area contributed by atoms with Crippen LogP contribution in [0.3, 0.4) is 0 Å². The summed E-state index contributed by atoms with van der Waals surface area (Å²) in [4.78, 5) is 23.5. The molecule has 0 saturated carbocycles. The highest BCUT2D eigenvalue weighted by Gasteiger charge is 2.06. The van der Waals surface area contributed by atoms with Gasteiger partial charge in [0.2, 0.25) is 6.79 Å². The Morgan fingerprint density at radius 3 is 0.909 bits per heavy atom. The van der Waals surface area contributed by atoms with Crippen molar-refractivity contribution in [3.63, 3.8) is 0 Å². The first-order valence-electron chi connectivity index (χ1n) is 14.5. The van der Waals surface area contributed by atoms with Crippen LogP contribution >= 0.6 is 0 Å². The lowest BCUT2D eigenvalue weighted by Gasteiger charge is -2.07. The molecule has 0 saturated heterocycles. The van der Waals surface area contributed by atoms with Gasteiger partial charge in [-0.05, 0) is 12.8 Å². The van der Waals surface area contributed by atoms with E-state index in [1.807, 2.05) is 0 Å². The van der Waals surface area contributed by atoms with Crippen LogP contribution in [0.25, 0.3) is 0 Å². The third-order valence-electron chi connectivity index (χ3n) is 6.41. The van der Waals surface area contributed by atoms with E-state index in [9.17, 15) is 9.59 Å². The average Bonchev–Trinajstić information content (AvgIpc) is 2.81. The van der Waals surface area contributed by atoms with Crippen molar-refractivity contribution in [2.24, 2.45) is 0 Å². The number of esters is 2. The summed E-state index contributed by atoms with van der Waals surface area (Å²) in [5.41, 5.74) is 0. The van der Waals surface area contributed by atoms with E-state index in [4.69, 9.17) is 9.47 Å². The van der Waals surface area contributed by atoms with Gasteiger partial charge in [-0.2, -0.15) is 0 Å². The van der Waals surface area contributed by atoms with Crippen LogP contribution in [-0.2, 0) is 19.1 Å². The Bertz CT molecular complexity index is 384. The number of hydrogen-bond acceptors (Lipinski definition) is 4. The molecule has 0 aliphatic rings. The minimum absolute atomic E-state index is 0.228. The van der Waals surface area contributed by atoms with Gasteiger partial charge >= 0.3 is 11.9 Å². The predicted octanol–water partition coefficient (Wildman–Crippen LogP) is 9.43. The summed E-state index contributed by atoms with van der Waals surface area (Å²) in [6.07, 6.45) is 28.5. The summed E-state index contributed by atoms with van der Waals surface area (Å²) in [6, 6.07) is 0. The fraction of sp³-hybridized carbons (Fsp3) is 0.931. The van der Waals surface area contributed by atoms with E-state index >= 15 is 0 Å². The zero-order valence-corrected chi connectivity index (χ0v) is 22.3. The van der Waals surface area contributed by atoms with Crippen LogP contribution in [0.1, 0.15) is 168 Å². The molecule has 0 aromatic rings. The van der Waals surface area contributed by atoms with Gasteiger partial charge in [0.05, 0.1) is 0 Å². The normalized spacial score (nSPS) is 11.0. The van der Waals surface area contributed by atoms with Gasteiger partial charge in [0.1, 0.15) is 0 Å². The van der Waals surface area contributed by atoms with Gasteiger partial charge in [-0.25, -0.2) is 0 Å². The highest BCUT2D eigenvalue weighted by atomic mass is 16.7. The molecular formula is C29H56O4. The quantitative estimate of drug-likeness (QED) is 0.0720. The molecule has 0 rings (SSSR count). The minimum atomic E-state index is -0.256. The Hall–Kier alpha value is -1.06. The third-order valence-corrected chi connectivity index (χ3v) is 6.41. The maximum absolute atomic E-state index is 11.7. The van der Waals surface area contributed by atoms with Gasteiger partial charge in [0, 0.05) is 12.8 Å². The van der Waals surface area contributed by atoms with Gasteiger partial charge in [0.15, 0.2) is 0 Å². The maximum Gasteiger partial charge on any atom is 0.308 e. The van der Waals surface area contributed by atoms with E-state index < -0.39 is 0 Å². The van der Waals surface area contributed by atoms with Crippen molar-refractivity contribution in [2.45, 2.75) is 168 Å². The number of unbranched alkanes of at least 4 members (excludes halogenated alkanes) is 20. The first-order valence-corrected chi connectivity index (χ1v) is 14.5. The van der Waals surface area contributed by atoms with Crippen LogP contribution in [0.5, 0.6) is 0 Å². The van der Waals surface area contributed by atoms with Gasteiger partial charge in [-0.3, -0.25) is 9.59 Å². The second-order valence-corrected chi connectivity index (χ2v) is 9.72. The lowest BCUT2D eigenvalue weighted by atomic mass is 10.1. The Morgan fingerprint density at radius 2 is 0.636 bits per heavy atom. The van der Waals surface area contributed by atoms with Crippen LogP contribution in [0, 0.1) is 0 Å². The lowest BCUT2D eigenvalue weighted by molar-refractivity contribution is -0.167. The summed E-state index contributed by atoms with van der Waals surface area (Å²) in [5.74, 6) is -0.512. The molecule has 0 aromatic carbocycles. The molecule has 0 unspecified atom stereocenters. The molecule has 0 fully saturated rings. The first-order chi connectivity index (χ1) is 16.2. The van der Waals surface area contributed by atoms with Crippen LogP contribution in [0.4, 0.5) is 0 Å². The van der Waals surface area contributed by atoms with Crippen molar-refractivity contribution < 1.29 is 19.1 Å². The van der Waals surface area contributed by atoms with Gasteiger partial charge in [0.25, 0.3) is 0 Å². The van der Waals surface area contributed by atoms with Gasteiger partial charge in [-0.1, -0.05) is 142 Å². The SMILES string of the molecule is CCCCCCCCCCCCCC(=O)OCOC(=O)CCCCCCCCCCCCC. The van der Waals surface area contributed by atoms with Crippen molar-refractivity contribution in [2.75, 3.05) is 6.79 Å². The molecule has 0 aliphatic carbocycles. The number of ether oxygens (including phenoxy) is 2. The Balaban J connectivity index is 3.29. The van der Waals surface area contributed by atoms with E-state index in [1.54, 1.807) is 0 Å². The molecule has 0 spiro atoms. The van der Waals surface area contributed by atoms with E-state index in [0.717, 1.165) is 25.7 Å². The number of rotatable bonds is 26. The molecule has 0 radical (unpaired) electrons. The number of carbonyl (C=O) groups excluding carboxylic acids is 2. The van der Waals surface area contributed by atoms with E-state index in [0.29, 0.717) is 12.8 Å². The zero-order chi connectivity index (χ0) is 24.2. The topological polar surface area (TPSA) is 52.6 Å². The Morgan fingerprint density at radius 1 is 0.394 bits per heavy atom. The number of carbonyl (C=O) groups is 2. The predicted molar refractivity (Wildman–Crippen MR) is 139 cm³/mol. The van der Waals surface area contributed by atoms with E-state index in [1.165, 1.54) is 116 Å². The Kier molecular flexibility index (Phi) is 26.3. The first kappa shape index (κ1) is 31.9. The largest absolute Gasteiger partial charge is 0.428 e. The molecule has 0 bridgehead atoms. The van der Waals surface area contributed by atoms with Crippen LogP contribution in [0.15, 0.2) is 0 Å². The lowest BCUT2D eigenvalue weighted by Crippen LogP contribution is -2.12. The van der Waals surface area contributed by atoms with Crippen molar-refractivity contribution in [3.05, 3.63) is 0 Å². The fourth-order valence-electron chi connectivity index (χ4n) is 4.17. The minimum Gasteiger partial charge on any atom is -0.428 e. The highest BCUT2D eigenvalue weighted by Crippen LogP contribution is 2.13. The second kappa shape index (κ2) is 27.2. The van der Waals surface area contributed by atoms with Crippen molar-refractivity contribution in [1.29, 1.82) is 0 Å². The molecule has 0 N–H and O–H groups in total. The van der Waals surface area contributed by atoms with Crippen LogP contribution in [-0.4, -0.2) is 18.7 Å². The number of hydrogen-bond donors (Lipinski definition) is 0. The Labute approximate surface area is 206 Å².